The van der Waals surface area contributed by atoms with Crippen LogP contribution in [-0.2, 0) is 14.8 Å². The average molecular weight is 423 g/mol. The minimum absolute atomic E-state index is 0.252. The van der Waals surface area contributed by atoms with Gasteiger partial charge in [-0.3, -0.25) is 9.10 Å². The number of benzene rings is 2. The highest BCUT2D eigenvalue weighted by molar-refractivity contribution is 7.92. The molecule has 0 aliphatic rings. The van der Waals surface area contributed by atoms with Crippen molar-refractivity contribution in [3.63, 3.8) is 0 Å². The molecule has 152 valence electrons. The van der Waals surface area contributed by atoms with Gasteiger partial charge in [0, 0.05) is 5.02 Å². The molecule has 1 N–H and O–H groups in total. The zero-order valence-corrected chi connectivity index (χ0v) is 18.6. The van der Waals surface area contributed by atoms with Crippen molar-refractivity contribution in [2.45, 2.75) is 46.7 Å². The van der Waals surface area contributed by atoms with Crippen molar-refractivity contribution in [1.82, 2.24) is 5.32 Å². The number of aryl methyl sites for hydroxylation is 3. The summed E-state index contributed by atoms with van der Waals surface area (Å²) in [6, 6.07) is 9.83. The number of anilines is 1. The highest BCUT2D eigenvalue weighted by Gasteiger charge is 2.31. The van der Waals surface area contributed by atoms with Gasteiger partial charge in [-0.1, -0.05) is 41.4 Å². The summed E-state index contributed by atoms with van der Waals surface area (Å²) in [6.45, 7) is 9.25. The van der Waals surface area contributed by atoms with Gasteiger partial charge in [-0.2, -0.15) is 0 Å². The fraction of sp³-hybridized carbons (Fsp3) is 0.381. The molecule has 0 bridgehead atoms. The SMILES string of the molecule is Cc1ccc(C(C)NC(=O)C(C)N(c2cc(Cl)ccc2C)S(C)(=O)=O)c(C)c1. The van der Waals surface area contributed by atoms with Crippen molar-refractivity contribution in [1.29, 1.82) is 0 Å². The zero-order valence-electron chi connectivity index (χ0n) is 17.1. The van der Waals surface area contributed by atoms with Gasteiger partial charge in [0.15, 0.2) is 0 Å². The Kier molecular flexibility index (Phi) is 6.78. The van der Waals surface area contributed by atoms with E-state index in [-0.39, 0.29) is 11.9 Å². The Bertz CT molecular complexity index is 989. The van der Waals surface area contributed by atoms with Gasteiger partial charge in [0.1, 0.15) is 6.04 Å². The maximum Gasteiger partial charge on any atom is 0.244 e. The van der Waals surface area contributed by atoms with Crippen LogP contribution in [-0.4, -0.2) is 26.6 Å². The van der Waals surface area contributed by atoms with Crippen molar-refractivity contribution in [2.24, 2.45) is 0 Å². The molecular formula is C21H27ClN2O3S. The Morgan fingerprint density at radius 2 is 1.68 bits per heavy atom. The maximum atomic E-state index is 12.9. The highest BCUT2D eigenvalue weighted by atomic mass is 35.5. The van der Waals surface area contributed by atoms with E-state index in [0.717, 1.165) is 32.8 Å². The molecule has 1 amide bonds. The zero-order chi connectivity index (χ0) is 21.2. The smallest absolute Gasteiger partial charge is 0.244 e. The number of halogens is 1. The summed E-state index contributed by atoms with van der Waals surface area (Å²) in [5.74, 6) is -0.378. The summed E-state index contributed by atoms with van der Waals surface area (Å²) in [5, 5.41) is 3.34. The Balaban J connectivity index is 2.33. The first-order valence-corrected chi connectivity index (χ1v) is 11.3. The Morgan fingerprint density at radius 3 is 2.25 bits per heavy atom. The van der Waals surface area contributed by atoms with Crippen molar-refractivity contribution >= 4 is 33.2 Å². The quantitative estimate of drug-likeness (QED) is 0.754. The topological polar surface area (TPSA) is 66.5 Å². The number of sulfonamides is 1. The molecule has 0 saturated carbocycles. The van der Waals surface area contributed by atoms with E-state index in [1.165, 1.54) is 0 Å². The molecule has 2 unspecified atom stereocenters. The standard InChI is InChI=1S/C21H27ClN2O3S/c1-13-7-10-19(15(3)11-13)16(4)23-21(25)17(5)24(28(6,26)27)20-12-18(22)9-8-14(20)2/h7-12,16-17H,1-6H3,(H,23,25). The highest BCUT2D eigenvalue weighted by Crippen LogP contribution is 2.28. The van der Waals surface area contributed by atoms with Gasteiger partial charge in [-0.15, -0.1) is 0 Å². The van der Waals surface area contributed by atoms with Crippen LogP contribution >= 0.6 is 11.6 Å². The number of amides is 1. The van der Waals surface area contributed by atoms with E-state index in [2.05, 4.69) is 11.4 Å². The third kappa shape index (κ3) is 5.06. The van der Waals surface area contributed by atoms with E-state index < -0.39 is 16.1 Å². The molecule has 0 saturated heterocycles. The lowest BCUT2D eigenvalue weighted by Crippen LogP contribution is -2.48. The van der Waals surface area contributed by atoms with Gasteiger partial charge >= 0.3 is 0 Å². The molecule has 0 aliphatic carbocycles. The van der Waals surface area contributed by atoms with Gasteiger partial charge in [-0.05, 0) is 63.4 Å². The first-order chi connectivity index (χ1) is 12.9. The Labute approximate surface area is 172 Å². The third-order valence-corrected chi connectivity index (χ3v) is 6.21. The molecule has 28 heavy (non-hydrogen) atoms. The fourth-order valence-electron chi connectivity index (χ4n) is 3.32. The molecule has 0 radical (unpaired) electrons. The average Bonchev–Trinajstić information content (AvgIpc) is 2.56. The number of hydrogen-bond acceptors (Lipinski definition) is 3. The predicted molar refractivity (Wildman–Crippen MR) is 115 cm³/mol. The third-order valence-electron chi connectivity index (χ3n) is 4.75. The molecule has 7 heteroatoms. The molecule has 0 aromatic heterocycles. The molecule has 2 aromatic carbocycles. The predicted octanol–water partition coefficient (Wildman–Crippen LogP) is 4.30. The number of carbonyl (C=O) groups excluding carboxylic acids is 1. The molecule has 0 heterocycles. The number of nitrogens with zero attached hydrogens (tertiary/aromatic N) is 1. The Hall–Kier alpha value is -2.05. The van der Waals surface area contributed by atoms with E-state index >= 15 is 0 Å². The van der Waals surface area contributed by atoms with E-state index in [9.17, 15) is 13.2 Å². The summed E-state index contributed by atoms with van der Waals surface area (Å²) in [6.07, 6.45) is 1.09. The van der Waals surface area contributed by atoms with Crippen molar-refractivity contribution < 1.29 is 13.2 Å². The first kappa shape index (κ1) is 22.2. The summed E-state index contributed by atoms with van der Waals surface area (Å²) in [7, 11) is -3.70. The van der Waals surface area contributed by atoms with Crippen LogP contribution in [0.5, 0.6) is 0 Å². The lowest BCUT2D eigenvalue weighted by molar-refractivity contribution is -0.122. The fourth-order valence-corrected chi connectivity index (χ4v) is 4.71. The van der Waals surface area contributed by atoms with Crippen molar-refractivity contribution in [3.8, 4) is 0 Å². The maximum absolute atomic E-state index is 12.9. The Morgan fingerprint density at radius 1 is 1.04 bits per heavy atom. The minimum atomic E-state index is -3.70. The van der Waals surface area contributed by atoms with Gasteiger partial charge in [0.05, 0.1) is 18.0 Å². The summed E-state index contributed by atoms with van der Waals surface area (Å²) < 4.78 is 26.1. The van der Waals surface area contributed by atoms with Crippen LogP contribution in [0, 0.1) is 20.8 Å². The second-order valence-corrected chi connectivity index (χ2v) is 9.55. The van der Waals surface area contributed by atoms with Crippen molar-refractivity contribution in [3.05, 3.63) is 63.7 Å². The summed E-state index contributed by atoms with van der Waals surface area (Å²) in [4.78, 5) is 12.9. The number of hydrogen-bond donors (Lipinski definition) is 1. The van der Waals surface area contributed by atoms with Crippen LogP contribution in [0.3, 0.4) is 0 Å². The number of carbonyl (C=O) groups is 1. The van der Waals surface area contributed by atoms with E-state index in [1.807, 2.05) is 32.9 Å². The van der Waals surface area contributed by atoms with Crippen molar-refractivity contribution in [2.75, 3.05) is 10.6 Å². The monoisotopic (exact) mass is 422 g/mol. The molecular weight excluding hydrogens is 396 g/mol. The normalized spacial score (nSPS) is 13.7. The first-order valence-electron chi connectivity index (χ1n) is 9.05. The summed E-state index contributed by atoms with van der Waals surface area (Å²) >= 11 is 6.07. The number of rotatable bonds is 6. The van der Waals surface area contributed by atoms with Gasteiger partial charge in [0.25, 0.3) is 0 Å². The van der Waals surface area contributed by atoms with Crippen LogP contribution in [0.15, 0.2) is 36.4 Å². The van der Waals surface area contributed by atoms with Crippen LogP contribution < -0.4 is 9.62 Å². The van der Waals surface area contributed by atoms with Crippen LogP contribution in [0.4, 0.5) is 5.69 Å². The van der Waals surface area contributed by atoms with Crippen LogP contribution in [0.1, 0.15) is 42.1 Å². The van der Waals surface area contributed by atoms with Crippen LogP contribution in [0.25, 0.3) is 0 Å². The lowest BCUT2D eigenvalue weighted by atomic mass is 10.00. The molecule has 5 nitrogen and oxygen atoms in total. The van der Waals surface area contributed by atoms with E-state index in [4.69, 9.17) is 11.6 Å². The second kappa shape index (κ2) is 8.53. The van der Waals surface area contributed by atoms with Gasteiger partial charge in [-0.25, -0.2) is 8.42 Å². The van der Waals surface area contributed by atoms with Gasteiger partial charge in [0.2, 0.25) is 15.9 Å². The van der Waals surface area contributed by atoms with E-state index in [1.54, 1.807) is 32.0 Å². The minimum Gasteiger partial charge on any atom is -0.348 e. The molecule has 0 spiro atoms. The lowest BCUT2D eigenvalue weighted by Gasteiger charge is -2.30. The molecule has 2 rings (SSSR count). The summed E-state index contributed by atoms with van der Waals surface area (Å²) in [5.41, 5.74) is 4.34. The molecule has 0 fully saturated rings. The number of nitrogens with one attached hydrogen (secondary N) is 1. The second-order valence-electron chi connectivity index (χ2n) is 7.26. The molecule has 0 aliphatic heterocycles. The van der Waals surface area contributed by atoms with E-state index in [0.29, 0.717) is 10.7 Å². The molecule has 2 aromatic rings. The van der Waals surface area contributed by atoms with Gasteiger partial charge < -0.3 is 5.32 Å². The van der Waals surface area contributed by atoms with Crippen LogP contribution in [0.2, 0.25) is 5.02 Å². The largest absolute Gasteiger partial charge is 0.348 e. The molecule has 2 atom stereocenters.